The molecule has 1 aliphatic carbocycles. The summed E-state index contributed by atoms with van der Waals surface area (Å²) < 4.78 is 0. The third kappa shape index (κ3) is 4.10. The van der Waals surface area contributed by atoms with E-state index in [1.54, 1.807) is 0 Å². The minimum Gasteiger partial charge on any atom is -0.314 e. The molecule has 1 saturated carbocycles. The normalized spacial score (nSPS) is 19.5. The van der Waals surface area contributed by atoms with Crippen molar-refractivity contribution < 1.29 is 0 Å². The molecule has 0 heterocycles. The molecule has 1 unspecified atom stereocenters. The summed E-state index contributed by atoms with van der Waals surface area (Å²) in [4.78, 5) is 0. The van der Waals surface area contributed by atoms with E-state index in [1.165, 1.54) is 45.1 Å². The van der Waals surface area contributed by atoms with Crippen molar-refractivity contribution in [2.24, 2.45) is 5.92 Å². The van der Waals surface area contributed by atoms with Gasteiger partial charge < -0.3 is 5.32 Å². The molecule has 1 N–H and O–H groups in total. The summed E-state index contributed by atoms with van der Waals surface area (Å²) in [6, 6.07) is 0.797. The summed E-state index contributed by atoms with van der Waals surface area (Å²) in [6.45, 7) is 5.84. The molecule has 1 rings (SSSR count). The van der Waals surface area contributed by atoms with Crippen LogP contribution in [-0.4, -0.2) is 12.6 Å². The SMILES string of the molecule is CCCCC(CC)NCC1CC1. The lowest BCUT2D eigenvalue weighted by molar-refractivity contribution is 0.444. The maximum atomic E-state index is 3.67. The minimum absolute atomic E-state index is 0.797. The zero-order valence-corrected chi connectivity index (χ0v) is 8.60. The molecule has 1 aliphatic rings. The van der Waals surface area contributed by atoms with Gasteiger partial charge in [0.1, 0.15) is 0 Å². The summed E-state index contributed by atoms with van der Waals surface area (Å²) in [5.41, 5.74) is 0. The van der Waals surface area contributed by atoms with Crippen molar-refractivity contribution in [3.63, 3.8) is 0 Å². The quantitative estimate of drug-likeness (QED) is 0.618. The van der Waals surface area contributed by atoms with Gasteiger partial charge in [0.15, 0.2) is 0 Å². The molecular weight excluding hydrogens is 146 g/mol. The molecule has 0 spiro atoms. The van der Waals surface area contributed by atoms with Gasteiger partial charge in [0.05, 0.1) is 0 Å². The Kier molecular flexibility index (Phi) is 4.67. The number of hydrogen-bond donors (Lipinski definition) is 1. The van der Waals surface area contributed by atoms with Gasteiger partial charge in [0, 0.05) is 6.04 Å². The number of nitrogens with one attached hydrogen (secondary N) is 1. The predicted molar refractivity (Wildman–Crippen MR) is 54.3 cm³/mol. The van der Waals surface area contributed by atoms with Crippen LogP contribution in [0.15, 0.2) is 0 Å². The van der Waals surface area contributed by atoms with Crippen LogP contribution in [0.1, 0.15) is 52.4 Å². The van der Waals surface area contributed by atoms with Crippen LogP contribution < -0.4 is 5.32 Å². The molecule has 72 valence electrons. The number of hydrogen-bond acceptors (Lipinski definition) is 1. The van der Waals surface area contributed by atoms with Gasteiger partial charge in [0.2, 0.25) is 0 Å². The predicted octanol–water partition coefficient (Wildman–Crippen LogP) is 2.95. The van der Waals surface area contributed by atoms with Gasteiger partial charge in [-0.1, -0.05) is 26.7 Å². The first-order chi connectivity index (χ1) is 5.86. The van der Waals surface area contributed by atoms with E-state index >= 15 is 0 Å². The third-order valence-electron chi connectivity index (χ3n) is 2.79. The average molecular weight is 169 g/mol. The van der Waals surface area contributed by atoms with Gasteiger partial charge in [-0.25, -0.2) is 0 Å². The Balaban J connectivity index is 1.98. The van der Waals surface area contributed by atoms with Crippen LogP contribution in [0.25, 0.3) is 0 Å². The highest BCUT2D eigenvalue weighted by Gasteiger charge is 2.21. The van der Waals surface area contributed by atoms with Crippen LogP contribution in [0, 0.1) is 5.92 Å². The van der Waals surface area contributed by atoms with Crippen LogP contribution in [-0.2, 0) is 0 Å². The largest absolute Gasteiger partial charge is 0.314 e. The molecule has 0 aromatic rings. The van der Waals surface area contributed by atoms with Gasteiger partial charge in [-0.05, 0) is 38.1 Å². The second-order valence-electron chi connectivity index (χ2n) is 4.10. The van der Waals surface area contributed by atoms with Crippen molar-refractivity contribution >= 4 is 0 Å². The third-order valence-corrected chi connectivity index (χ3v) is 2.79. The molecule has 1 atom stereocenters. The van der Waals surface area contributed by atoms with Crippen molar-refractivity contribution in [1.29, 1.82) is 0 Å². The molecule has 0 radical (unpaired) electrons. The molecule has 0 amide bonds. The fourth-order valence-corrected chi connectivity index (χ4v) is 1.56. The smallest absolute Gasteiger partial charge is 0.00645 e. The van der Waals surface area contributed by atoms with E-state index in [0.29, 0.717) is 0 Å². The Morgan fingerprint density at radius 1 is 1.33 bits per heavy atom. The van der Waals surface area contributed by atoms with Crippen LogP contribution in [0.2, 0.25) is 0 Å². The van der Waals surface area contributed by atoms with E-state index in [-0.39, 0.29) is 0 Å². The lowest BCUT2D eigenvalue weighted by atomic mass is 10.1. The van der Waals surface area contributed by atoms with E-state index in [2.05, 4.69) is 19.2 Å². The second-order valence-corrected chi connectivity index (χ2v) is 4.10. The minimum atomic E-state index is 0.797. The fourth-order valence-electron chi connectivity index (χ4n) is 1.56. The summed E-state index contributed by atoms with van der Waals surface area (Å²) in [5.74, 6) is 1.03. The van der Waals surface area contributed by atoms with Crippen molar-refractivity contribution in [3.05, 3.63) is 0 Å². The molecule has 0 aromatic heterocycles. The summed E-state index contributed by atoms with van der Waals surface area (Å²) in [5, 5.41) is 3.67. The van der Waals surface area contributed by atoms with Crippen molar-refractivity contribution in [3.8, 4) is 0 Å². The fraction of sp³-hybridized carbons (Fsp3) is 1.00. The van der Waals surface area contributed by atoms with Crippen LogP contribution in [0.4, 0.5) is 0 Å². The average Bonchev–Trinajstić information content (AvgIpc) is 2.89. The van der Waals surface area contributed by atoms with Crippen molar-refractivity contribution in [2.75, 3.05) is 6.54 Å². The van der Waals surface area contributed by atoms with Gasteiger partial charge in [-0.3, -0.25) is 0 Å². The first kappa shape index (κ1) is 10.0. The zero-order chi connectivity index (χ0) is 8.81. The summed E-state index contributed by atoms with van der Waals surface area (Å²) in [6.07, 6.45) is 8.33. The molecular formula is C11H23N. The molecule has 0 aliphatic heterocycles. The first-order valence-electron chi connectivity index (χ1n) is 5.60. The summed E-state index contributed by atoms with van der Waals surface area (Å²) in [7, 11) is 0. The van der Waals surface area contributed by atoms with Gasteiger partial charge in [-0.15, -0.1) is 0 Å². The van der Waals surface area contributed by atoms with Gasteiger partial charge in [-0.2, -0.15) is 0 Å². The highest BCUT2D eigenvalue weighted by molar-refractivity contribution is 4.77. The Morgan fingerprint density at radius 3 is 2.58 bits per heavy atom. The highest BCUT2D eigenvalue weighted by atomic mass is 14.9. The second kappa shape index (κ2) is 5.58. The van der Waals surface area contributed by atoms with Crippen LogP contribution in [0.5, 0.6) is 0 Å². The van der Waals surface area contributed by atoms with Gasteiger partial charge >= 0.3 is 0 Å². The Morgan fingerprint density at radius 2 is 2.08 bits per heavy atom. The van der Waals surface area contributed by atoms with Crippen LogP contribution >= 0.6 is 0 Å². The summed E-state index contributed by atoms with van der Waals surface area (Å²) >= 11 is 0. The van der Waals surface area contributed by atoms with Crippen molar-refractivity contribution in [2.45, 2.75) is 58.4 Å². The molecule has 1 fully saturated rings. The van der Waals surface area contributed by atoms with E-state index in [4.69, 9.17) is 0 Å². The number of rotatable bonds is 7. The monoisotopic (exact) mass is 169 g/mol. The maximum absolute atomic E-state index is 3.67. The Hall–Kier alpha value is -0.0400. The lowest BCUT2D eigenvalue weighted by Gasteiger charge is -2.15. The first-order valence-corrected chi connectivity index (χ1v) is 5.60. The molecule has 12 heavy (non-hydrogen) atoms. The molecule has 1 nitrogen and oxygen atoms in total. The maximum Gasteiger partial charge on any atom is 0.00645 e. The number of unbranched alkanes of at least 4 members (excludes halogenated alkanes) is 1. The topological polar surface area (TPSA) is 12.0 Å². The lowest BCUT2D eigenvalue weighted by Crippen LogP contribution is -2.30. The molecule has 0 bridgehead atoms. The highest BCUT2D eigenvalue weighted by Crippen LogP contribution is 2.27. The Labute approximate surface area is 76.9 Å². The standard InChI is InChI=1S/C11H23N/c1-3-5-6-11(4-2)12-9-10-7-8-10/h10-12H,3-9H2,1-2H3. The van der Waals surface area contributed by atoms with Crippen LogP contribution in [0.3, 0.4) is 0 Å². The Bertz CT molecular complexity index is 108. The van der Waals surface area contributed by atoms with Gasteiger partial charge in [0.25, 0.3) is 0 Å². The van der Waals surface area contributed by atoms with Crippen molar-refractivity contribution in [1.82, 2.24) is 5.32 Å². The molecule has 0 aromatic carbocycles. The zero-order valence-electron chi connectivity index (χ0n) is 8.60. The van der Waals surface area contributed by atoms with E-state index in [9.17, 15) is 0 Å². The van der Waals surface area contributed by atoms with E-state index < -0.39 is 0 Å². The molecule has 1 heteroatoms. The molecule has 0 saturated heterocycles. The van der Waals surface area contributed by atoms with E-state index in [0.717, 1.165) is 12.0 Å². The van der Waals surface area contributed by atoms with E-state index in [1.807, 2.05) is 0 Å².